The number of anilines is 1. The van der Waals surface area contributed by atoms with Gasteiger partial charge in [-0.2, -0.15) is 0 Å². The fourth-order valence-electron chi connectivity index (χ4n) is 4.81. The standard InChI is InChI=1S/C22H33NO3Si/c1-15(2)27(16(3)4,17(5)6)25-14-18-12-22(24)26-21-13-19(8-9-20(18)21)23-10-7-11-23/h8-9,12-13,15-17H,7,10-11,14H2,1-6H3. The Morgan fingerprint density at radius 1 is 1.04 bits per heavy atom. The number of hydrogen-bond acceptors (Lipinski definition) is 4. The summed E-state index contributed by atoms with van der Waals surface area (Å²) in [4.78, 5) is 14.5. The van der Waals surface area contributed by atoms with Crippen LogP contribution < -0.4 is 10.5 Å². The van der Waals surface area contributed by atoms with Gasteiger partial charge in [0.05, 0.1) is 6.61 Å². The molecule has 3 rings (SSSR count). The molecule has 2 aromatic rings. The van der Waals surface area contributed by atoms with Crippen LogP contribution in [0.4, 0.5) is 5.69 Å². The van der Waals surface area contributed by atoms with Gasteiger partial charge in [-0.15, -0.1) is 0 Å². The minimum Gasteiger partial charge on any atom is -0.423 e. The molecular formula is C22H33NO3Si. The third kappa shape index (κ3) is 3.72. The SMILES string of the molecule is CC(C)[Si](OCc1cc(=O)oc2cc(N3CCC3)ccc12)(C(C)C)C(C)C. The van der Waals surface area contributed by atoms with Gasteiger partial charge < -0.3 is 13.7 Å². The molecule has 1 aliphatic heterocycles. The van der Waals surface area contributed by atoms with Crippen LogP contribution >= 0.6 is 0 Å². The predicted octanol–water partition coefficient (Wildman–Crippen LogP) is 5.70. The topological polar surface area (TPSA) is 42.7 Å². The first-order valence-corrected chi connectivity index (χ1v) is 12.4. The molecule has 0 radical (unpaired) electrons. The monoisotopic (exact) mass is 387 g/mol. The van der Waals surface area contributed by atoms with Crippen LogP contribution in [0.5, 0.6) is 0 Å². The molecule has 27 heavy (non-hydrogen) atoms. The van der Waals surface area contributed by atoms with Crippen molar-refractivity contribution >= 4 is 25.0 Å². The van der Waals surface area contributed by atoms with Gasteiger partial charge in [-0.25, -0.2) is 4.79 Å². The second-order valence-corrected chi connectivity index (χ2v) is 14.2. The first kappa shape index (κ1) is 20.1. The molecule has 0 saturated carbocycles. The van der Waals surface area contributed by atoms with Gasteiger partial charge in [0.15, 0.2) is 0 Å². The second kappa shape index (κ2) is 7.80. The molecule has 1 aliphatic rings. The first-order chi connectivity index (χ1) is 12.8. The molecule has 0 amide bonds. The molecule has 0 atom stereocenters. The minimum atomic E-state index is -1.98. The van der Waals surface area contributed by atoms with Crippen LogP contribution in [-0.2, 0) is 11.0 Å². The summed E-state index contributed by atoms with van der Waals surface area (Å²) < 4.78 is 12.2. The van der Waals surface area contributed by atoms with Crippen molar-refractivity contribution in [2.75, 3.05) is 18.0 Å². The van der Waals surface area contributed by atoms with E-state index in [2.05, 4.69) is 58.6 Å². The maximum absolute atomic E-state index is 12.2. The average Bonchev–Trinajstić information content (AvgIpc) is 2.52. The van der Waals surface area contributed by atoms with Gasteiger partial charge in [-0.05, 0) is 40.7 Å². The molecular weight excluding hydrogens is 354 g/mol. The lowest BCUT2D eigenvalue weighted by atomic mass is 10.1. The fraction of sp³-hybridized carbons (Fsp3) is 0.591. The Labute approximate surface area is 163 Å². The molecule has 5 heteroatoms. The summed E-state index contributed by atoms with van der Waals surface area (Å²) in [6.07, 6.45) is 1.22. The third-order valence-corrected chi connectivity index (χ3v) is 12.3. The predicted molar refractivity (Wildman–Crippen MR) is 115 cm³/mol. The summed E-state index contributed by atoms with van der Waals surface area (Å²) in [6, 6.07) is 7.81. The second-order valence-electron chi connectivity index (χ2n) is 8.72. The van der Waals surface area contributed by atoms with Crippen LogP contribution in [0.2, 0.25) is 16.6 Å². The van der Waals surface area contributed by atoms with Crippen LogP contribution in [0.15, 0.2) is 33.5 Å². The van der Waals surface area contributed by atoms with E-state index in [-0.39, 0.29) is 5.63 Å². The van der Waals surface area contributed by atoms with Crippen molar-refractivity contribution in [2.45, 2.75) is 71.2 Å². The Morgan fingerprint density at radius 2 is 1.67 bits per heavy atom. The summed E-state index contributed by atoms with van der Waals surface area (Å²) >= 11 is 0. The summed E-state index contributed by atoms with van der Waals surface area (Å²) in [5, 5.41) is 0.984. The highest BCUT2D eigenvalue weighted by atomic mass is 28.4. The zero-order valence-corrected chi connectivity index (χ0v) is 18.5. The molecule has 1 fully saturated rings. The van der Waals surface area contributed by atoms with Crippen LogP contribution in [0.3, 0.4) is 0 Å². The highest BCUT2D eigenvalue weighted by molar-refractivity contribution is 6.77. The fourth-order valence-corrected chi connectivity index (χ4v) is 10.2. The molecule has 2 heterocycles. The van der Waals surface area contributed by atoms with E-state index >= 15 is 0 Å². The van der Waals surface area contributed by atoms with Crippen molar-refractivity contribution in [1.29, 1.82) is 0 Å². The van der Waals surface area contributed by atoms with Gasteiger partial charge in [-0.3, -0.25) is 0 Å². The molecule has 0 N–H and O–H groups in total. The average molecular weight is 388 g/mol. The normalized spacial score (nSPS) is 15.2. The quantitative estimate of drug-likeness (QED) is 0.452. The van der Waals surface area contributed by atoms with Crippen molar-refractivity contribution in [3.05, 3.63) is 40.2 Å². The number of nitrogens with zero attached hydrogens (tertiary/aromatic N) is 1. The number of benzene rings is 1. The van der Waals surface area contributed by atoms with Crippen LogP contribution in [0.1, 0.15) is 53.5 Å². The van der Waals surface area contributed by atoms with E-state index in [4.69, 9.17) is 8.84 Å². The summed E-state index contributed by atoms with van der Waals surface area (Å²) in [5.41, 5.74) is 3.98. The molecule has 1 saturated heterocycles. The van der Waals surface area contributed by atoms with Crippen molar-refractivity contribution in [3.63, 3.8) is 0 Å². The Hall–Kier alpha value is -1.59. The van der Waals surface area contributed by atoms with E-state index in [9.17, 15) is 4.79 Å². The minimum absolute atomic E-state index is 0.298. The Kier molecular flexibility index (Phi) is 5.82. The van der Waals surface area contributed by atoms with E-state index in [1.165, 1.54) is 6.42 Å². The zero-order chi connectivity index (χ0) is 19.8. The van der Waals surface area contributed by atoms with Gasteiger partial charge >= 0.3 is 5.63 Å². The van der Waals surface area contributed by atoms with Gasteiger partial charge in [0.25, 0.3) is 0 Å². The van der Waals surface area contributed by atoms with Gasteiger partial charge in [0, 0.05) is 36.3 Å². The van der Waals surface area contributed by atoms with E-state index in [0.717, 1.165) is 29.7 Å². The maximum Gasteiger partial charge on any atom is 0.336 e. The Morgan fingerprint density at radius 3 is 2.19 bits per heavy atom. The largest absolute Gasteiger partial charge is 0.423 e. The number of hydrogen-bond donors (Lipinski definition) is 0. The lowest BCUT2D eigenvalue weighted by Crippen LogP contribution is -2.47. The van der Waals surface area contributed by atoms with Gasteiger partial charge in [0.2, 0.25) is 8.32 Å². The maximum atomic E-state index is 12.2. The number of rotatable bonds is 7. The van der Waals surface area contributed by atoms with Crippen LogP contribution in [0.25, 0.3) is 11.0 Å². The van der Waals surface area contributed by atoms with Crippen molar-refractivity contribution < 1.29 is 8.84 Å². The lowest BCUT2D eigenvalue weighted by molar-refractivity contribution is 0.266. The van der Waals surface area contributed by atoms with Crippen molar-refractivity contribution in [1.82, 2.24) is 0 Å². The van der Waals surface area contributed by atoms with Crippen molar-refractivity contribution in [3.8, 4) is 0 Å². The number of fused-ring (bicyclic) bond motifs is 1. The molecule has 0 spiro atoms. The highest BCUT2D eigenvalue weighted by Crippen LogP contribution is 2.43. The van der Waals surface area contributed by atoms with Crippen LogP contribution in [-0.4, -0.2) is 21.4 Å². The van der Waals surface area contributed by atoms with E-state index < -0.39 is 8.32 Å². The summed E-state index contributed by atoms with van der Waals surface area (Å²) in [6.45, 7) is 16.3. The smallest absolute Gasteiger partial charge is 0.336 e. The summed E-state index contributed by atoms with van der Waals surface area (Å²) in [5.74, 6) is 0. The van der Waals surface area contributed by atoms with Crippen LogP contribution in [0, 0.1) is 0 Å². The van der Waals surface area contributed by atoms with Gasteiger partial charge in [-0.1, -0.05) is 41.5 Å². The lowest BCUT2D eigenvalue weighted by Gasteiger charge is -2.42. The highest BCUT2D eigenvalue weighted by Gasteiger charge is 2.45. The molecule has 0 aliphatic carbocycles. The third-order valence-electron chi connectivity index (χ3n) is 6.22. The molecule has 0 unspecified atom stereocenters. The van der Waals surface area contributed by atoms with Crippen molar-refractivity contribution in [2.24, 2.45) is 0 Å². The zero-order valence-electron chi connectivity index (χ0n) is 17.5. The first-order valence-electron chi connectivity index (χ1n) is 10.2. The van der Waals surface area contributed by atoms with Gasteiger partial charge in [0.1, 0.15) is 5.58 Å². The molecule has 1 aromatic carbocycles. The van der Waals surface area contributed by atoms with E-state index in [1.807, 2.05) is 6.07 Å². The Bertz CT molecular complexity index is 830. The van der Waals surface area contributed by atoms with E-state index in [0.29, 0.717) is 28.8 Å². The Balaban J connectivity index is 1.95. The summed E-state index contributed by atoms with van der Waals surface area (Å²) in [7, 11) is -1.98. The van der Waals surface area contributed by atoms with E-state index in [1.54, 1.807) is 6.07 Å². The molecule has 1 aromatic heterocycles. The molecule has 4 nitrogen and oxygen atoms in total. The molecule has 0 bridgehead atoms. The molecule has 148 valence electrons.